The van der Waals surface area contributed by atoms with E-state index in [0.29, 0.717) is 0 Å². The Hall–Kier alpha value is -1.43. The van der Waals surface area contributed by atoms with Gasteiger partial charge in [0.1, 0.15) is 0 Å². The minimum absolute atomic E-state index is 0.0502. The molecular formula is C19H29N3O2. The second-order valence-corrected chi connectivity index (χ2v) is 7.40. The smallest absolute Gasteiger partial charge is 0.221 e. The van der Waals surface area contributed by atoms with Crippen molar-refractivity contribution in [1.82, 2.24) is 9.80 Å². The number of likely N-dealkylation sites (tertiary alicyclic amines) is 2. The highest BCUT2D eigenvalue weighted by Gasteiger charge is 2.35. The van der Waals surface area contributed by atoms with E-state index in [1.54, 1.807) is 0 Å². The molecule has 2 fully saturated rings. The molecule has 0 radical (unpaired) electrons. The molecule has 2 aliphatic heterocycles. The second-order valence-electron chi connectivity index (χ2n) is 7.40. The lowest BCUT2D eigenvalue weighted by molar-refractivity contribution is -0.114. The van der Waals surface area contributed by atoms with Crippen LogP contribution in [0.25, 0.3) is 0 Å². The van der Waals surface area contributed by atoms with Crippen LogP contribution in [0.2, 0.25) is 0 Å². The quantitative estimate of drug-likeness (QED) is 0.867. The number of aliphatic hydroxyl groups is 1. The highest BCUT2D eigenvalue weighted by atomic mass is 16.3. The lowest BCUT2D eigenvalue weighted by Gasteiger charge is -2.41. The van der Waals surface area contributed by atoms with E-state index in [4.69, 9.17) is 0 Å². The summed E-state index contributed by atoms with van der Waals surface area (Å²) in [7, 11) is 0. The highest BCUT2D eigenvalue weighted by Crippen LogP contribution is 2.25. The molecule has 132 valence electrons. The van der Waals surface area contributed by atoms with Gasteiger partial charge in [0.25, 0.3) is 0 Å². The first-order valence-electron chi connectivity index (χ1n) is 9.06. The molecule has 2 N–H and O–H groups in total. The normalized spacial score (nSPS) is 25.8. The van der Waals surface area contributed by atoms with Gasteiger partial charge in [-0.25, -0.2) is 0 Å². The molecule has 5 heteroatoms. The summed E-state index contributed by atoms with van der Waals surface area (Å²) < 4.78 is 0. The second kappa shape index (κ2) is 7.64. The van der Waals surface area contributed by atoms with Crippen molar-refractivity contribution in [3.05, 3.63) is 29.8 Å². The van der Waals surface area contributed by atoms with Crippen LogP contribution in [-0.2, 0) is 11.3 Å². The van der Waals surface area contributed by atoms with Gasteiger partial charge in [0.05, 0.1) is 5.60 Å². The van der Waals surface area contributed by atoms with Crippen LogP contribution in [0.4, 0.5) is 5.69 Å². The fourth-order valence-corrected chi connectivity index (χ4v) is 3.98. The zero-order valence-corrected chi connectivity index (χ0v) is 14.6. The minimum Gasteiger partial charge on any atom is -0.387 e. The first-order chi connectivity index (χ1) is 11.5. The number of nitrogens with one attached hydrogen (secondary N) is 1. The molecule has 0 aliphatic carbocycles. The van der Waals surface area contributed by atoms with Crippen molar-refractivity contribution in [3.63, 3.8) is 0 Å². The zero-order chi connectivity index (χ0) is 17.0. The van der Waals surface area contributed by atoms with Crippen molar-refractivity contribution in [1.29, 1.82) is 0 Å². The molecule has 2 saturated heterocycles. The van der Waals surface area contributed by atoms with Crippen LogP contribution in [0.1, 0.15) is 38.2 Å². The fraction of sp³-hybridized carbons (Fsp3) is 0.632. The number of hydrogen-bond acceptors (Lipinski definition) is 4. The number of carbonyl (C=O) groups excluding carboxylic acids is 1. The van der Waals surface area contributed by atoms with Crippen molar-refractivity contribution >= 4 is 11.6 Å². The van der Waals surface area contributed by atoms with Gasteiger partial charge in [-0.3, -0.25) is 9.69 Å². The highest BCUT2D eigenvalue weighted by molar-refractivity contribution is 5.88. The number of nitrogens with zero attached hydrogens (tertiary/aromatic N) is 2. The first kappa shape index (κ1) is 17.4. The van der Waals surface area contributed by atoms with E-state index in [9.17, 15) is 9.90 Å². The summed E-state index contributed by atoms with van der Waals surface area (Å²) in [5.41, 5.74) is 1.48. The summed E-state index contributed by atoms with van der Waals surface area (Å²) in [4.78, 5) is 15.8. The van der Waals surface area contributed by atoms with E-state index in [1.165, 1.54) is 25.3 Å². The molecule has 0 aromatic heterocycles. The molecule has 1 amide bonds. The number of carbonyl (C=O) groups is 1. The van der Waals surface area contributed by atoms with Gasteiger partial charge in [-0.1, -0.05) is 12.1 Å². The molecule has 2 heterocycles. The Bertz CT molecular complexity index is 554. The third-order valence-electron chi connectivity index (χ3n) is 5.03. The van der Waals surface area contributed by atoms with Crippen LogP contribution < -0.4 is 5.32 Å². The largest absolute Gasteiger partial charge is 0.387 e. The Labute approximate surface area is 144 Å². The van der Waals surface area contributed by atoms with Crippen molar-refractivity contribution < 1.29 is 9.90 Å². The number of rotatable bonds is 5. The topological polar surface area (TPSA) is 55.8 Å². The minimum atomic E-state index is -0.571. The van der Waals surface area contributed by atoms with E-state index in [2.05, 4.69) is 27.2 Å². The van der Waals surface area contributed by atoms with Crippen LogP contribution in [0, 0.1) is 0 Å². The average Bonchev–Trinajstić information content (AvgIpc) is 3.01. The Morgan fingerprint density at radius 3 is 2.46 bits per heavy atom. The molecule has 0 bridgehead atoms. The Morgan fingerprint density at radius 1 is 1.12 bits per heavy atom. The predicted molar refractivity (Wildman–Crippen MR) is 95.9 cm³/mol. The number of hydrogen-bond donors (Lipinski definition) is 2. The van der Waals surface area contributed by atoms with Gasteiger partial charge in [0.15, 0.2) is 0 Å². The van der Waals surface area contributed by atoms with Crippen LogP contribution in [0.15, 0.2) is 24.3 Å². The molecule has 1 aromatic rings. The molecule has 5 nitrogen and oxygen atoms in total. The van der Waals surface area contributed by atoms with Crippen molar-refractivity contribution in [2.24, 2.45) is 0 Å². The Balaban J connectivity index is 1.55. The van der Waals surface area contributed by atoms with Crippen molar-refractivity contribution in [3.8, 4) is 0 Å². The van der Waals surface area contributed by atoms with Gasteiger partial charge < -0.3 is 15.3 Å². The number of piperidine rings is 1. The van der Waals surface area contributed by atoms with E-state index in [0.717, 1.165) is 57.8 Å². The van der Waals surface area contributed by atoms with Crippen LogP contribution in [0.5, 0.6) is 0 Å². The number of β-amino-alcohol motifs (C(OH)–C–C–N with tert-alkyl or cyclic N) is 1. The maximum Gasteiger partial charge on any atom is 0.221 e. The molecule has 0 spiro atoms. The molecular weight excluding hydrogens is 302 g/mol. The first-order valence-corrected chi connectivity index (χ1v) is 9.06. The lowest BCUT2D eigenvalue weighted by Crippen LogP contribution is -2.53. The van der Waals surface area contributed by atoms with Gasteiger partial charge in [-0.2, -0.15) is 0 Å². The summed E-state index contributed by atoms with van der Waals surface area (Å²) >= 11 is 0. The molecule has 0 saturated carbocycles. The van der Waals surface area contributed by atoms with Gasteiger partial charge in [-0.05, 0) is 63.0 Å². The van der Waals surface area contributed by atoms with E-state index in [-0.39, 0.29) is 5.91 Å². The number of amides is 1. The summed E-state index contributed by atoms with van der Waals surface area (Å²) in [6, 6.07) is 7.99. The van der Waals surface area contributed by atoms with Crippen LogP contribution in [0.3, 0.4) is 0 Å². The third-order valence-corrected chi connectivity index (χ3v) is 5.03. The van der Waals surface area contributed by atoms with E-state index in [1.807, 2.05) is 12.1 Å². The summed E-state index contributed by atoms with van der Waals surface area (Å²) in [5.74, 6) is -0.0502. The van der Waals surface area contributed by atoms with Crippen LogP contribution >= 0.6 is 0 Å². The Morgan fingerprint density at radius 2 is 1.79 bits per heavy atom. The molecule has 1 unspecified atom stereocenters. The predicted octanol–water partition coefficient (Wildman–Crippen LogP) is 2.07. The lowest BCUT2D eigenvalue weighted by atomic mass is 9.92. The molecule has 3 rings (SSSR count). The molecule has 1 aromatic carbocycles. The van der Waals surface area contributed by atoms with Crippen molar-refractivity contribution in [2.45, 2.75) is 44.8 Å². The van der Waals surface area contributed by atoms with Gasteiger partial charge in [-0.15, -0.1) is 0 Å². The van der Waals surface area contributed by atoms with Gasteiger partial charge in [0, 0.05) is 32.2 Å². The molecule has 2 aliphatic rings. The van der Waals surface area contributed by atoms with Gasteiger partial charge in [0.2, 0.25) is 5.91 Å². The third kappa shape index (κ3) is 4.79. The summed E-state index contributed by atoms with van der Waals surface area (Å²) in [6.45, 7) is 7.23. The maximum absolute atomic E-state index is 11.1. The zero-order valence-electron chi connectivity index (χ0n) is 14.6. The molecule has 24 heavy (non-hydrogen) atoms. The molecule has 1 atom stereocenters. The standard InChI is InChI=1S/C19H29N3O2/c1-16(23)20-18-7-5-17(6-8-18)13-22-12-4-9-19(24,15-22)14-21-10-2-3-11-21/h5-8,24H,2-4,9-15H2,1H3,(H,20,23). The van der Waals surface area contributed by atoms with Gasteiger partial charge >= 0.3 is 0 Å². The Kier molecular flexibility index (Phi) is 5.54. The average molecular weight is 331 g/mol. The van der Waals surface area contributed by atoms with Crippen molar-refractivity contribution in [2.75, 3.05) is 38.0 Å². The van der Waals surface area contributed by atoms with Crippen LogP contribution in [-0.4, -0.2) is 59.1 Å². The van der Waals surface area contributed by atoms with E-state index < -0.39 is 5.60 Å². The SMILES string of the molecule is CC(=O)Nc1ccc(CN2CCCC(O)(CN3CCCC3)C2)cc1. The maximum atomic E-state index is 11.1. The number of benzene rings is 1. The summed E-state index contributed by atoms with van der Waals surface area (Å²) in [6.07, 6.45) is 4.48. The van der Waals surface area contributed by atoms with E-state index >= 15 is 0 Å². The summed E-state index contributed by atoms with van der Waals surface area (Å²) in [5, 5.41) is 13.8. The number of anilines is 1. The monoisotopic (exact) mass is 331 g/mol. The fourth-order valence-electron chi connectivity index (χ4n) is 3.98.